The Morgan fingerprint density at radius 1 is 1.29 bits per heavy atom. The molecule has 0 spiro atoms. The van der Waals surface area contributed by atoms with Gasteiger partial charge in [-0.15, -0.1) is 0 Å². The van der Waals surface area contributed by atoms with Crippen LogP contribution >= 0.6 is 0 Å². The van der Waals surface area contributed by atoms with Gasteiger partial charge in [0, 0.05) is 0 Å². The molecule has 1 aromatic rings. The number of phenols is 1. The van der Waals surface area contributed by atoms with Gasteiger partial charge in [-0.05, 0) is 23.6 Å². The van der Waals surface area contributed by atoms with Crippen LogP contribution in [0.2, 0.25) is 5.82 Å². The molecule has 0 bridgehead atoms. The lowest BCUT2D eigenvalue weighted by Gasteiger charge is -2.12. The number of phenolic OH excluding ortho intramolecular Hbond substituents is 1. The second-order valence-electron chi connectivity index (χ2n) is 3.73. The first-order chi connectivity index (χ1) is 6.48. The quantitative estimate of drug-likeness (QED) is 0.728. The van der Waals surface area contributed by atoms with Crippen molar-refractivity contribution in [2.45, 2.75) is 18.2 Å². The van der Waals surface area contributed by atoms with E-state index in [0.717, 1.165) is 0 Å². The summed E-state index contributed by atoms with van der Waals surface area (Å²) in [6.45, 7) is -4.72. The smallest absolute Gasteiger partial charge is 0.481 e. The van der Waals surface area contributed by atoms with Gasteiger partial charge in [-0.2, -0.15) is 0 Å². The summed E-state index contributed by atoms with van der Waals surface area (Å²) >= 11 is 0. The molecule has 0 radical (unpaired) electrons. The molecule has 1 aliphatic rings. The van der Waals surface area contributed by atoms with Crippen molar-refractivity contribution in [1.29, 1.82) is 0 Å². The molecule has 1 N–H and O–H groups in total. The summed E-state index contributed by atoms with van der Waals surface area (Å²) in [6.07, 6.45) is 0.174. The fraction of sp³-hybridized carbons (Fsp3) is 0.333. The highest BCUT2D eigenvalue weighted by molar-refractivity contribution is 6.61. The Morgan fingerprint density at radius 3 is 2.50 bits per heavy atom. The SMILES string of the molecule is Oc1cccc([C@@H]2C[C@H]2[B-](F)(F)F)c1. The summed E-state index contributed by atoms with van der Waals surface area (Å²) in [7, 11) is 0. The van der Waals surface area contributed by atoms with Crippen LogP contribution in [0.3, 0.4) is 0 Å². The number of hydrogen-bond donors (Lipinski definition) is 1. The minimum atomic E-state index is -4.72. The van der Waals surface area contributed by atoms with Crippen molar-refractivity contribution in [3.63, 3.8) is 0 Å². The highest BCUT2D eigenvalue weighted by Crippen LogP contribution is 2.59. The maximum atomic E-state index is 12.3. The molecule has 0 saturated heterocycles. The molecular formula is C9H9BF3O-. The lowest BCUT2D eigenvalue weighted by Crippen LogP contribution is -2.15. The third kappa shape index (κ3) is 1.71. The Kier molecular flexibility index (Phi) is 1.98. The average molecular weight is 201 g/mol. The van der Waals surface area contributed by atoms with E-state index in [2.05, 4.69) is 0 Å². The lowest BCUT2D eigenvalue weighted by atomic mass is 9.81. The summed E-state index contributed by atoms with van der Waals surface area (Å²) < 4.78 is 36.8. The van der Waals surface area contributed by atoms with Crippen LogP contribution in [0.5, 0.6) is 5.75 Å². The van der Waals surface area contributed by atoms with E-state index in [9.17, 15) is 12.9 Å². The zero-order chi connectivity index (χ0) is 10.3. The van der Waals surface area contributed by atoms with Crippen LogP contribution in [0, 0.1) is 0 Å². The number of rotatable bonds is 2. The van der Waals surface area contributed by atoms with Gasteiger partial charge >= 0.3 is 6.98 Å². The second-order valence-corrected chi connectivity index (χ2v) is 3.73. The van der Waals surface area contributed by atoms with Gasteiger partial charge in [0.2, 0.25) is 0 Å². The van der Waals surface area contributed by atoms with E-state index in [1.54, 1.807) is 12.1 Å². The highest BCUT2D eigenvalue weighted by atomic mass is 19.4. The van der Waals surface area contributed by atoms with Crippen molar-refractivity contribution in [3.05, 3.63) is 29.8 Å². The molecule has 2 rings (SSSR count). The molecule has 1 fully saturated rings. The topological polar surface area (TPSA) is 20.2 Å². The molecule has 5 heteroatoms. The van der Waals surface area contributed by atoms with Gasteiger partial charge in [0.1, 0.15) is 5.75 Å². The van der Waals surface area contributed by atoms with Crippen molar-refractivity contribution in [2.75, 3.05) is 0 Å². The molecule has 1 aliphatic carbocycles. The summed E-state index contributed by atoms with van der Waals surface area (Å²) in [6, 6.07) is 6.07. The first-order valence-electron chi connectivity index (χ1n) is 4.47. The third-order valence-electron chi connectivity index (χ3n) is 2.62. The van der Waals surface area contributed by atoms with Gasteiger partial charge in [-0.3, -0.25) is 0 Å². The van der Waals surface area contributed by atoms with Gasteiger partial charge in [0.15, 0.2) is 0 Å². The van der Waals surface area contributed by atoms with Gasteiger partial charge < -0.3 is 18.1 Å². The van der Waals surface area contributed by atoms with Crippen molar-refractivity contribution in [1.82, 2.24) is 0 Å². The molecule has 0 amide bonds. The summed E-state index contributed by atoms with van der Waals surface area (Å²) in [4.78, 5) is 0. The molecular weight excluding hydrogens is 192 g/mol. The van der Waals surface area contributed by atoms with Crippen molar-refractivity contribution < 1.29 is 18.1 Å². The molecule has 0 aliphatic heterocycles. The lowest BCUT2D eigenvalue weighted by molar-refractivity contribution is 0.462. The molecule has 1 nitrogen and oxygen atoms in total. The molecule has 2 atom stereocenters. The normalized spacial score (nSPS) is 26.2. The molecule has 1 aromatic carbocycles. The number of hydrogen-bond acceptors (Lipinski definition) is 1. The van der Waals surface area contributed by atoms with Crippen molar-refractivity contribution in [2.24, 2.45) is 0 Å². The molecule has 0 heterocycles. The maximum absolute atomic E-state index is 12.3. The maximum Gasteiger partial charge on any atom is 0.481 e. The van der Waals surface area contributed by atoms with Gasteiger partial charge in [-0.25, -0.2) is 0 Å². The van der Waals surface area contributed by atoms with E-state index in [4.69, 9.17) is 5.11 Å². The summed E-state index contributed by atoms with van der Waals surface area (Å²) in [5.74, 6) is -1.55. The molecule has 0 aromatic heterocycles. The van der Waals surface area contributed by atoms with E-state index in [0.29, 0.717) is 5.56 Å². The first kappa shape index (κ1) is 9.43. The van der Waals surface area contributed by atoms with Crippen LogP contribution in [-0.2, 0) is 0 Å². The van der Waals surface area contributed by atoms with E-state index < -0.39 is 18.7 Å². The van der Waals surface area contributed by atoms with Crippen LogP contribution in [0.1, 0.15) is 17.9 Å². The molecule has 14 heavy (non-hydrogen) atoms. The second kappa shape index (κ2) is 2.93. The third-order valence-corrected chi connectivity index (χ3v) is 2.62. The largest absolute Gasteiger partial charge is 0.508 e. The Bertz CT molecular complexity index is 350. The minimum absolute atomic E-state index is 0.0304. The zero-order valence-corrected chi connectivity index (χ0v) is 7.33. The first-order valence-corrected chi connectivity index (χ1v) is 4.47. The monoisotopic (exact) mass is 201 g/mol. The predicted molar refractivity (Wildman–Crippen MR) is 48.3 cm³/mol. The van der Waals surface area contributed by atoms with E-state index in [1.807, 2.05) is 0 Å². The van der Waals surface area contributed by atoms with Crippen LogP contribution in [0.4, 0.5) is 12.9 Å². The average Bonchev–Trinajstić information content (AvgIpc) is 2.81. The molecule has 0 unspecified atom stereocenters. The number of benzene rings is 1. The zero-order valence-electron chi connectivity index (χ0n) is 7.33. The number of halogens is 3. The fourth-order valence-corrected chi connectivity index (χ4v) is 1.77. The highest BCUT2D eigenvalue weighted by Gasteiger charge is 2.51. The summed E-state index contributed by atoms with van der Waals surface area (Å²) in [5, 5.41) is 9.10. The Morgan fingerprint density at radius 2 is 2.00 bits per heavy atom. The summed E-state index contributed by atoms with van der Waals surface area (Å²) in [5.41, 5.74) is 0.592. The Labute approximate surface area is 79.6 Å². The van der Waals surface area contributed by atoms with Crippen molar-refractivity contribution >= 4 is 6.98 Å². The van der Waals surface area contributed by atoms with E-state index in [1.165, 1.54) is 12.1 Å². The van der Waals surface area contributed by atoms with Gasteiger partial charge in [0.25, 0.3) is 0 Å². The minimum Gasteiger partial charge on any atom is -0.508 e. The predicted octanol–water partition coefficient (Wildman–Crippen LogP) is 3.10. The van der Waals surface area contributed by atoms with Crippen LogP contribution in [0.25, 0.3) is 0 Å². The Balaban J connectivity index is 2.14. The van der Waals surface area contributed by atoms with Crippen LogP contribution in [0.15, 0.2) is 24.3 Å². The Hall–Kier alpha value is -1.13. The van der Waals surface area contributed by atoms with Crippen LogP contribution in [-0.4, -0.2) is 12.1 Å². The van der Waals surface area contributed by atoms with Gasteiger partial charge in [0.05, 0.1) is 0 Å². The van der Waals surface area contributed by atoms with Gasteiger partial charge in [-0.1, -0.05) is 24.4 Å². The van der Waals surface area contributed by atoms with Crippen LogP contribution < -0.4 is 0 Å². The molecule has 76 valence electrons. The van der Waals surface area contributed by atoms with E-state index in [-0.39, 0.29) is 12.2 Å². The fourth-order valence-electron chi connectivity index (χ4n) is 1.77. The van der Waals surface area contributed by atoms with Crippen molar-refractivity contribution in [3.8, 4) is 5.75 Å². The standard InChI is InChI=1S/C9H9BF3O/c11-10(12,13)9-5-8(9)6-2-1-3-7(14)4-6/h1-4,8-9,14H,5H2/q-1/t8-,9+/m0/s1. The van der Waals surface area contributed by atoms with E-state index >= 15 is 0 Å². The number of aromatic hydroxyl groups is 1. The molecule has 1 saturated carbocycles.